The minimum absolute atomic E-state index is 0. The molecule has 1 fully saturated rings. The average Bonchev–Trinajstić information content (AvgIpc) is 3.16. The minimum atomic E-state index is 0. The van der Waals surface area contributed by atoms with E-state index in [-0.39, 0.29) is 36.4 Å². The number of carbonyl (C=O) groups excluding carboxylic acids is 1. The van der Waals surface area contributed by atoms with Gasteiger partial charge in [-0.2, -0.15) is 0 Å². The van der Waals surface area contributed by atoms with Gasteiger partial charge in [-0.15, -0.1) is 24.0 Å². The van der Waals surface area contributed by atoms with E-state index in [2.05, 4.69) is 21.7 Å². The molecule has 0 aliphatic carbocycles. The van der Waals surface area contributed by atoms with Gasteiger partial charge in [-0.1, -0.05) is 18.2 Å². The van der Waals surface area contributed by atoms with Crippen molar-refractivity contribution < 1.29 is 9.53 Å². The Morgan fingerprint density at radius 2 is 1.92 bits per heavy atom. The van der Waals surface area contributed by atoms with E-state index in [1.807, 2.05) is 36.9 Å². The summed E-state index contributed by atoms with van der Waals surface area (Å²) in [5.74, 6) is 1.72. The molecule has 1 aliphatic rings. The van der Waals surface area contributed by atoms with Crippen molar-refractivity contribution in [3.8, 4) is 5.75 Å². The predicted octanol–water partition coefficient (Wildman–Crippen LogP) is 2.42. The molecule has 2 rings (SSSR count). The van der Waals surface area contributed by atoms with E-state index in [1.165, 1.54) is 5.56 Å². The molecule has 0 atom stereocenters. The second-order valence-corrected chi connectivity index (χ2v) is 6.00. The van der Waals surface area contributed by atoms with Gasteiger partial charge in [-0.3, -0.25) is 4.79 Å². The molecule has 1 aliphatic heterocycles. The minimum Gasteiger partial charge on any atom is -0.494 e. The lowest BCUT2D eigenvalue weighted by Crippen LogP contribution is -2.39. The molecule has 1 aromatic rings. The first kappa shape index (κ1) is 22.5. The van der Waals surface area contributed by atoms with Crippen LogP contribution >= 0.6 is 24.0 Å². The van der Waals surface area contributed by atoms with Gasteiger partial charge >= 0.3 is 0 Å². The number of para-hydroxylation sites is 1. The summed E-state index contributed by atoms with van der Waals surface area (Å²) in [5.41, 5.74) is 1.17. The molecule has 0 bridgehead atoms. The van der Waals surface area contributed by atoms with E-state index in [0.29, 0.717) is 12.6 Å². The summed E-state index contributed by atoms with van der Waals surface area (Å²) < 4.78 is 5.65. The first-order valence-corrected chi connectivity index (χ1v) is 9.25. The molecule has 26 heavy (non-hydrogen) atoms. The Kier molecular flexibility index (Phi) is 11.1. The van der Waals surface area contributed by atoms with Gasteiger partial charge in [0.15, 0.2) is 5.96 Å². The number of carbonyl (C=O) groups is 1. The molecule has 0 unspecified atom stereocenters. The number of hydrogen-bond donors (Lipinski definition) is 2. The van der Waals surface area contributed by atoms with Crippen molar-refractivity contribution in [3.05, 3.63) is 29.8 Å². The molecule has 1 aromatic carbocycles. The van der Waals surface area contributed by atoms with Crippen LogP contribution in [0.15, 0.2) is 29.3 Å². The fourth-order valence-electron chi connectivity index (χ4n) is 2.88. The summed E-state index contributed by atoms with van der Waals surface area (Å²) in [5, 5.41) is 6.49. The normalized spacial score (nSPS) is 13.9. The monoisotopic (exact) mass is 474 g/mol. The highest BCUT2D eigenvalue weighted by Crippen LogP contribution is 2.17. The Balaban J connectivity index is 0.00000338. The van der Waals surface area contributed by atoms with Crippen LogP contribution in [-0.2, 0) is 11.2 Å². The van der Waals surface area contributed by atoms with Crippen molar-refractivity contribution in [2.24, 2.45) is 4.99 Å². The van der Waals surface area contributed by atoms with Crippen LogP contribution in [-0.4, -0.2) is 56.1 Å². The lowest BCUT2D eigenvalue weighted by Gasteiger charge is -2.15. The van der Waals surface area contributed by atoms with Crippen LogP contribution < -0.4 is 15.4 Å². The molecular weight excluding hydrogens is 443 g/mol. The Labute approximate surface area is 173 Å². The van der Waals surface area contributed by atoms with Gasteiger partial charge in [0.05, 0.1) is 6.61 Å². The van der Waals surface area contributed by atoms with Crippen molar-refractivity contribution in [3.63, 3.8) is 0 Å². The summed E-state index contributed by atoms with van der Waals surface area (Å²) in [4.78, 5) is 18.4. The van der Waals surface area contributed by atoms with Crippen LogP contribution in [0.2, 0.25) is 0 Å². The summed E-state index contributed by atoms with van der Waals surface area (Å²) in [7, 11) is 0. The summed E-state index contributed by atoms with van der Waals surface area (Å²) in [6.07, 6.45) is 3.04. The predicted molar refractivity (Wildman–Crippen MR) is 117 cm³/mol. The first-order valence-electron chi connectivity index (χ1n) is 9.25. The molecule has 2 N–H and O–H groups in total. The topological polar surface area (TPSA) is 66.0 Å². The van der Waals surface area contributed by atoms with Crippen molar-refractivity contribution >= 4 is 35.8 Å². The lowest BCUT2D eigenvalue weighted by atomic mass is 10.1. The smallest absolute Gasteiger partial charge is 0.244 e. The van der Waals surface area contributed by atoms with Gasteiger partial charge in [-0.25, -0.2) is 4.99 Å². The summed E-state index contributed by atoms with van der Waals surface area (Å²) >= 11 is 0. The lowest BCUT2D eigenvalue weighted by molar-refractivity contribution is -0.128. The Morgan fingerprint density at radius 3 is 2.62 bits per heavy atom. The van der Waals surface area contributed by atoms with E-state index >= 15 is 0 Å². The highest BCUT2D eigenvalue weighted by atomic mass is 127. The van der Waals surface area contributed by atoms with Crippen LogP contribution in [0.25, 0.3) is 0 Å². The quantitative estimate of drug-likeness (QED) is 0.345. The number of nitrogens with zero attached hydrogens (tertiary/aromatic N) is 2. The zero-order chi connectivity index (χ0) is 17.9. The maximum absolute atomic E-state index is 12.1. The first-order chi connectivity index (χ1) is 12.2. The largest absolute Gasteiger partial charge is 0.494 e. The molecule has 1 saturated heterocycles. The van der Waals surface area contributed by atoms with Gasteiger partial charge in [0.25, 0.3) is 0 Å². The van der Waals surface area contributed by atoms with Crippen molar-refractivity contribution in [2.45, 2.75) is 33.1 Å². The number of likely N-dealkylation sites (tertiary alicyclic amines) is 1. The van der Waals surface area contributed by atoms with Crippen LogP contribution in [0.4, 0.5) is 0 Å². The molecule has 0 radical (unpaired) electrons. The number of guanidine groups is 1. The number of rotatable bonds is 8. The molecule has 0 aromatic heterocycles. The van der Waals surface area contributed by atoms with Crippen molar-refractivity contribution in [1.82, 2.24) is 15.5 Å². The molecule has 0 spiro atoms. The van der Waals surface area contributed by atoms with Crippen molar-refractivity contribution in [1.29, 1.82) is 0 Å². The average molecular weight is 474 g/mol. The maximum Gasteiger partial charge on any atom is 0.244 e. The summed E-state index contributed by atoms with van der Waals surface area (Å²) in [6, 6.07) is 8.07. The van der Waals surface area contributed by atoms with Gasteiger partial charge in [-0.05, 0) is 44.7 Å². The standard InChI is InChI=1S/C19H30N4O2.HI/c1-3-20-19(22-15-18(24)23-13-7-8-14-23)21-12-11-16-9-5-6-10-17(16)25-4-2;/h5-6,9-10H,3-4,7-8,11-15H2,1-2H3,(H2,20,21,22);1H. The summed E-state index contributed by atoms with van der Waals surface area (Å²) in [6.45, 7) is 8.09. The van der Waals surface area contributed by atoms with E-state index in [9.17, 15) is 4.79 Å². The van der Waals surface area contributed by atoms with Gasteiger partial charge in [0.2, 0.25) is 5.91 Å². The van der Waals surface area contributed by atoms with Crippen LogP contribution in [0.1, 0.15) is 32.3 Å². The number of amides is 1. The molecule has 146 valence electrons. The fourth-order valence-corrected chi connectivity index (χ4v) is 2.88. The third-order valence-corrected chi connectivity index (χ3v) is 4.13. The SMILES string of the molecule is CCNC(=NCC(=O)N1CCCC1)NCCc1ccccc1OCC.I. The second-order valence-electron chi connectivity index (χ2n) is 6.00. The number of aliphatic imine (C=N–C) groups is 1. The Hall–Kier alpha value is -1.51. The van der Waals surface area contributed by atoms with Crippen LogP contribution in [0.3, 0.4) is 0 Å². The number of benzene rings is 1. The Morgan fingerprint density at radius 1 is 1.19 bits per heavy atom. The third-order valence-electron chi connectivity index (χ3n) is 4.13. The molecule has 1 amide bonds. The fraction of sp³-hybridized carbons (Fsp3) is 0.579. The number of halogens is 1. The van der Waals surface area contributed by atoms with Gasteiger partial charge in [0.1, 0.15) is 12.3 Å². The molecule has 0 saturated carbocycles. The molecule has 7 heteroatoms. The highest BCUT2D eigenvalue weighted by Gasteiger charge is 2.17. The molecule has 1 heterocycles. The van der Waals surface area contributed by atoms with E-state index < -0.39 is 0 Å². The van der Waals surface area contributed by atoms with E-state index in [0.717, 1.165) is 51.2 Å². The second kappa shape index (κ2) is 12.8. The number of nitrogens with one attached hydrogen (secondary N) is 2. The highest BCUT2D eigenvalue weighted by molar-refractivity contribution is 14.0. The van der Waals surface area contributed by atoms with Gasteiger partial charge < -0.3 is 20.3 Å². The van der Waals surface area contributed by atoms with Gasteiger partial charge in [0, 0.05) is 26.2 Å². The zero-order valence-corrected chi connectivity index (χ0v) is 18.1. The van der Waals surface area contributed by atoms with Crippen molar-refractivity contribution in [2.75, 3.05) is 39.3 Å². The zero-order valence-electron chi connectivity index (χ0n) is 15.8. The molecule has 6 nitrogen and oxygen atoms in total. The maximum atomic E-state index is 12.1. The Bertz CT molecular complexity index is 574. The van der Waals surface area contributed by atoms with E-state index in [4.69, 9.17) is 4.74 Å². The third kappa shape index (κ3) is 7.39. The molecular formula is C19H31IN4O2. The number of hydrogen-bond acceptors (Lipinski definition) is 3. The van der Waals surface area contributed by atoms with E-state index in [1.54, 1.807) is 0 Å². The number of ether oxygens (including phenoxy) is 1. The van der Waals surface area contributed by atoms with Crippen LogP contribution in [0.5, 0.6) is 5.75 Å². The van der Waals surface area contributed by atoms with Crippen LogP contribution in [0, 0.1) is 0 Å².